The lowest BCUT2D eigenvalue weighted by atomic mass is 9.82. The summed E-state index contributed by atoms with van der Waals surface area (Å²) in [4.78, 5) is 26.5. The number of alkyl halides is 3. The van der Waals surface area contributed by atoms with Gasteiger partial charge in [0.2, 0.25) is 0 Å². The van der Waals surface area contributed by atoms with Crippen LogP contribution < -0.4 is 5.32 Å². The van der Waals surface area contributed by atoms with Crippen molar-refractivity contribution >= 4 is 39.2 Å². The van der Waals surface area contributed by atoms with Gasteiger partial charge in [-0.25, -0.2) is 4.79 Å². The summed E-state index contributed by atoms with van der Waals surface area (Å²) in [5.74, 6) is -0.758. The molecule has 2 aromatic heterocycles. The van der Waals surface area contributed by atoms with Crippen molar-refractivity contribution in [3.63, 3.8) is 0 Å². The number of rotatable bonds is 7. The standard InChI is InChI=1S/C23H23F3N2O2S.C5H10O2/c1-13-19-18(11-16(12-27-19)23(24,25)26)31-21(13)20(14-5-3-2-4-6-14)28-17-9-7-15(8-10-17)22(29)30;1-3-5(6)7-4-2/h7-12,14,20,28H,2-6H2,1H3,(H,29,30);3-4H2,1-2H3. The summed E-state index contributed by atoms with van der Waals surface area (Å²) >= 11 is 1.36. The first kappa shape index (κ1) is 29.4. The summed E-state index contributed by atoms with van der Waals surface area (Å²) in [7, 11) is 0. The molecule has 4 rings (SSSR count). The Balaban J connectivity index is 0.000000505. The summed E-state index contributed by atoms with van der Waals surface area (Å²) in [5, 5.41) is 12.7. The van der Waals surface area contributed by atoms with Crippen LogP contribution in [0.2, 0.25) is 0 Å². The maximum absolute atomic E-state index is 13.2. The number of aromatic carboxylic acids is 1. The fourth-order valence-electron chi connectivity index (χ4n) is 4.58. The molecule has 1 saturated carbocycles. The van der Waals surface area contributed by atoms with Crippen LogP contribution in [-0.2, 0) is 15.7 Å². The number of carboxylic acid groups (broad SMARTS) is 1. The zero-order chi connectivity index (χ0) is 27.9. The van der Waals surface area contributed by atoms with Gasteiger partial charge in [-0.1, -0.05) is 26.2 Å². The first-order valence-electron chi connectivity index (χ1n) is 12.8. The Kier molecular flexibility index (Phi) is 10.1. The Labute approximate surface area is 224 Å². The number of nitrogens with zero attached hydrogens (tertiary/aromatic N) is 1. The Hall–Kier alpha value is -3.14. The molecule has 2 N–H and O–H groups in total. The van der Waals surface area contributed by atoms with E-state index in [1.165, 1.54) is 23.8 Å². The number of aryl methyl sites for hydroxylation is 1. The average Bonchev–Trinajstić information content (AvgIpc) is 3.23. The molecule has 1 aromatic carbocycles. The molecule has 38 heavy (non-hydrogen) atoms. The maximum Gasteiger partial charge on any atom is 0.417 e. The smallest absolute Gasteiger partial charge is 0.417 e. The van der Waals surface area contributed by atoms with Gasteiger partial charge in [0.15, 0.2) is 0 Å². The highest BCUT2D eigenvalue weighted by atomic mass is 32.1. The van der Waals surface area contributed by atoms with Crippen molar-refractivity contribution in [2.24, 2.45) is 5.92 Å². The number of hydrogen-bond acceptors (Lipinski definition) is 6. The van der Waals surface area contributed by atoms with Crippen LogP contribution in [0.25, 0.3) is 10.2 Å². The highest BCUT2D eigenvalue weighted by Crippen LogP contribution is 2.44. The van der Waals surface area contributed by atoms with Gasteiger partial charge in [0, 0.05) is 23.2 Å². The molecule has 206 valence electrons. The second-order valence-electron chi connectivity index (χ2n) is 9.22. The van der Waals surface area contributed by atoms with Gasteiger partial charge in [-0.3, -0.25) is 9.78 Å². The van der Waals surface area contributed by atoms with E-state index >= 15 is 0 Å². The normalized spacial score (nSPS) is 14.9. The molecule has 10 heteroatoms. The summed E-state index contributed by atoms with van der Waals surface area (Å²) in [6.45, 7) is 5.98. The van der Waals surface area contributed by atoms with Gasteiger partial charge in [0.1, 0.15) is 0 Å². The molecular weight excluding hydrogens is 517 g/mol. The number of hydrogen-bond donors (Lipinski definition) is 2. The topological polar surface area (TPSA) is 88.5 Å². The summed E-state index contributed by atoms with van der Waals surface area (Å²) in [6.07, 6.45) is 2.49. The number of benzene rings is 1. The van der Waals surface area contributed by atoms with E-state index < -0.39 is 17.7 Å². The molecule has 0 bridgehead atoms. The fourth-order valence-corrected chi connectivity index (χ4v) is 5.94. The molecule has 1 aliphatic rings. The third-order valence-corrected chi connectivity index (χ3v) is 7.89. The molecule has 1 unspecified atom stereocenters. The highest BCUT2D eigenvalue weighted by Gasteiger charge is 2.33. The van der Waals surface area contributed by atoms with E-state index in [2.05, 4.69) is 15.0 Å². The van der Waals surface area contributed by atoms with Crippen molar-refractivity contribution in [1.29, 1.82) is 0 Å². The molecule has 6 nitrogen and oxygen atoms in total. The predicted octanol–water partition coefficient (Wildman–Crippen LogP) is 8.01. The minimum atomic E-state index is -4.42. The van der Waals surface area contributed by atoms with Crippen LogP contribution in [0.3, 0.4) is 0 Å². The highest BCUT2D eigenvalue weighted by molar-refractivity contribution is 7.19. The van der Waals surface area contributed by atoms with Gasteiger partial charge >= 0.3 is 18.1 Å². The second-order valence-corrected chi connectivity index (χ2v) is 10.3. The van der Waals surface area contributed by atoms with Crippen LogP contribution in [0, 0.1) is 12.8 Å². The van der Waals surface area contributed by atoms with Gasteiger partial charge in [0.05, 0.1) is 34.0 Å². The lowest BCUT2D eigenvalue weighted by molar-refractivity contribution is -0.142. The third kappa shape index (κ3) is 7.46. The Morgan fingerprint density at radius 1 is 1.16 bits per heavy atom. The van der Waals surface area contributed by atoms with Crippen molar-refractivity contribution in [3.8, 4) is 0 Å². The monoisotopic (exact) mass is 550 g/mol. The Morgan fingerprint density at radius 2 is 1.82 bits per heavy atom. The number of halogens is 3. The van der Waals surface area contributed by atoms with E-state index in [9.17, 15) is 22.8 Å². The van der Waals surface area contributed by atoms with Crippen molar-refractivity contribution in [1.82, 2.24) is 4.98 Å². The number of fused-ring (bicyclic) bond motifs is 1. The van der Waals surface area contributed by atoms with Gasteiger partial charge < -0.3 is 15.2 Å². The molecule has 1 atom stereocenters. The molecule has 0 amide bonds. The molecule has 0 radical (unpaired) electrons. The lowest BCUT2D eigenvalue weighted by Crippen LogP contribution is -2.23. The van der Waals surface area contributed by atoms with Crippen LogP contribution in [0.1, 0.15) is 84.8 Å². The van der Waals surface area contributed by atoms with Gasteiger partial charge in [-0.2, -0.15) is 13.2 Å². The zero-order valence-electron chi connectivity index (χ0n) is 21.7. The summed E-state index contributed by atoms with van der Waals surface area (Å²) in [5.41, 5.74) is 1.78. The van der Waals surface area contributed by atoms with Crippen LogP contribution in [0.5, 0.6) is 0 Å². The van der Waals surface area contributed by atoms with Crippen LogP contribution >= 0.6 is 11.3 Å². The van der Waals surface area contributed by atoms with E-state index in [0.29, 0.717) is 29.2 Å². The molecule has 1 fully saturated rings. The number of carboxylic acids is 1. The van der Waals surface area contributed by atoms with Crippen molar-refractivity contribution < 1.29 is 32.6 Å². The van der Waals surface area contributed by atoms with Gasteiger partial charge in [0.25, 0.3) is 0 Å². The SMILES string of the molecule is CCOC(=O)CC.Cc1c(C(Nc2ccc(C(=O)O)cc2)C2CCCCC2)sc2cc(C(F)(F)F)cnc12. The molecule has 3 aromatic rings. The number of esters is 1. The Bertz CT molecular complexity index is 1240. The number of carbonyl (C=O) groups excluding carboxylic acids is 1. The molecule has 2 heterocycles. The Morgan fingerprint density at radius 3 is 2.34 bits per heavy atom. The predicted molar refractivity (Wildman–Crippen MR) is 143 cm³/mol. The van der Waals surface area contributed by atoms with E-state index in [-0.39, 0.29) is 17.6 Å². The summed E-state index contributed by atoms with van der Waals surface area (Å²) in [6, 6.07) is 7.70. The third-order valence-electron chi connectivity index (χ3n) is 6.58. The maximum atomic E-state index is 13.2. The number of pyridine rings is 1. The number of nitrogens with one attached hydrogen (secondary N) is 1. The van der Waals surface area contributed by atoms with E-state index in [1.807, 2.05) is 6.92 Å². The van der Waals surface area contributed by atoms with Crippen LogP contribution in [0.4, 0.5) is 18.9 Å². The lowest BCUT2D eigenvalue weighted by Gasteiger charge is -2.31. The zero-order valence-corrected chi connectivity index (χ0v) is 22.5. The van der Waals surface area contributed by atoms with Crippen molar-refractivity contribution in [2.75, 3.05) is 11.9 Å². The average molecular weight is 551 g/mol. The largest absolute Gasteiger partial charge is 0.478 e. The van der Waals surface area contributed by atoms with Gasteiger partial charge in [-0.15, -0.1) is 11.3 Å². The van der Waals surface area contributed by atoms with Crippen LogP contribution in [-0.4, -0.2) is 28.6 Å². The van der Waals surface area contributed by atoms with E-state index in [1.54, 1.807) is 38.1 Å². The molecule has 0 saturated heterocycles. The molecule has 1 aliphatic carbocycles. The number of aromatic nitrogens is 1. The van der Waals surface area contributed by atoms with Crippen molar-refractivity contribution in [3.05, 3.63) is 58.1 Å². The minimum Gasteiger partial charge on any atom is -0.478 e. The second kappa shape index (κ2) is 13.1. The van der Waals surface area contributed by atoms with E-state index in [0.717, 1.165) is 48.0 Å². The van der Waals surface area contributed by atoms with Gasteiger partial charge in [-0.05, 0) is 68.5 Å². The number of thiophene rings is 1. The van der Waals surface area contributed by atoms with Crippen LogP contribution in [0.15, 0.2) is 36.5 Å². The fraction of sp³-hybridized carbons (Fsp3) is 0.464. The molecule has 0 aliphatic heterocycles. The number of carbonyl (C=O) groups is 2. The number of ether oxygens (including phenoxy) is 1. The summed E-state index contributed by atoms with van der Waals surface area (Å²) < 4.78 is 44.6. The molecular formula is C28H33F3N2O4S. The van der Waals surface area contributed by atoms with E-state index in [4.69, 9.17) is 5.11 Å². The first-order valence-corrected chi connectivity index (χ1v) is 13.6. The minimum absolute atomic E-state index is 0.0653. The number of anilines is 1. The van der Waals surface area contributed by atoms with Crippen molar-refractivity contribution in [2.45, 2.75) is 71.5 Å². The molecule has 0 spiro atoms. The first-order chi connectivity index (χ1) is 18.0. The quantitative estimate of drug-likeness (QED) is 0.290.